The summed E-state index contributed by atoms with van der Waals surface area (Å²) >= 11 is 3.43. The van der Waals surface area contributed by atoms with Crippen LogP contribution in [0.25, 0.3) is 79.7 Å². The Morgan fingerprint density at radius 3 is 1.16 bits per heavy atom. The third kappa shape index (κ3) is 18.6. The van der Waals surface area contributed by atoms with Crippen LogP contribution in [0.2, 0.25) is 0 Å². The third-order valence-electron chi connectivity index (χ3n) is 23.7. The summed E-state index contributed by atoms with van der Waals surface area (Å²) in [6.07, 6.45) is 8.43. The topological polar surface area (TPSA) is 420 Å². The van der Waals surface area contributed by atoms with Crippen LogP contribution in [-0.2, 0) is 74.2 Å². The molecule has 0 atom stereocenters. The van der Waals surface area contributed by atoms with Gasteiger partial charge < -0.3 is 51.9 Å². The van der Waals surface area contributed by atoms with E-state index in [0.717, 1.165) is 90.3 Å². The van der Waals surface area contributed by atoms with Crippen molar-refractivity contribution in [2.75, 3.05) is 47.3 Å². The first-order valence-corrected chi connectivity index (χ1v) is 46.4. The molecule has 0 radical (unpaired) electrons. The van der Waals surface area contributed by atoms with Crippen molar-refractivity contribution in [1.82, 2.24) is 122 Å². The van der Waals surface area contributed by atoms with E-state index >= 15 is 0 Å². The van der Waals surface area contributed by atoms with Gasteiger partial charge in [-0.1, -0.05) is 104 Å². The number of aryl methyl sites for hydroxylation is 4. The molecule has 0 saturated carbocycles. The summed E-state index contributed by atoms with van der Waals surface area (Å²) in [6, 6.07) is 55.3. The molecule has 10 aromatic heterocycles. The first-order valence-electron chi connectivity index (χ1n) is 45.6. The van der Waals surface area contributed by atoms with Gasteiger partial charge in [0, 0.05) is 47.9 Å². The van der Waals surface area contributed by atoms with Gasteiger partial charge in [-0.25, -0.2) is 58.0 Å². The molecule has 0 bridgehead atoms. The first kappa shape index (κ1) is 94.4. The van der Waals surface area contributed by atoms with Crippen molar-refractivity contribution in [2.45, 2.75) is 108 Å². The molecule has 0 fully saturated rings. The van der Waals surface area contributed by atoms with Gasteiger partial charge in [0.05, 0.1) is 135 Å². The molecule has 143 heavy (non-hydrogen) atoms. The number of benzene rings is 8. The maximum absolute atomic E-state index is 14.1. The SMILES string of the molecule is CCOC(=O)c1ncn2c1Cc1c(COc3ccccc3)nnn1-c1cc(F)ccc1-2.CCOC(=O)c1ncn2c1Cn1c(Br)nnc1-c1cc(C)ccc1-2.CCOC(=O)c1ncn2c1Cn1c(COC)nnc1-c1cc(C)ccc1-2.CCOC(=O)c1ncn2c1Cn1c(Oc3cccc(OC)c3)nnc1-c1cc(C)ccc1-2.CCOC(=O)c1ncn2c1Cn1c(Oc3ccccc3)nnc1-c1cc(C)ccc1-2. The van der Waals surface area contributed by atoms with Crippen LogP contribution >= 0.6 is 15.9 Å². The molecule has 40 nitrogen and oxygen atoms in total. The highest BCUT2D eigenvalue weighted by Gasteiger charge is 2.37. The Bertz CT molecular complexity index is 7900. The number of hydrogen-bond acceptors (Lipinski definition) is 30. The Labute approximate surface area is 823 Å². The van der Waals surface area contributed by atoms with E-state index in [4.69, 9.17) is 47.4 Å². The van der Waals surface area contributed by atoms with Crippen LogP contribution in [-0.4, -0.2) is 199 Å². The number of esters is 5. The van der Waals surface area contributed by atoms with Crippen LogP contribution in [0, 0.1) is 33.5 Å². The second kappa shape index (κ2) is 40.8. The van der Waals surface area contributed by atoms with Gasteiger partial charge in [0.15, 0.2) is 57.6 Å². The summed E-state index contributed by atoms with van der Waals surface area (Å²) in [4.78, 5) is 83.7. The number of fused-ring (bicyclic) bond motifs is 25. The number of imidazole rings is 5. The zero-order valence-electron chi connectivity index (χ0n) is 79.2. The van der Waals surface area contributed by atoms with Crippen molar-refractivity contribution < 1.29 is 75.7 Å². The zero-order chi connectivity index (χ0) is 99.4. The quantitative estimate of drug-likeness (QED) is 0.0505. The molecule has 0 saturated heterocycles. The van der Waals surface area contributed by atoms with E-state index in [1.54, 1.807) is 102 Å². The molecule has 5 aliphatic rings. The van der Waals surface area contributed by atoms with E-state index in [1.807, 2.05) is 204 Å². The second-order valence-corrected chi connectivity index (χ2v) is 33.6. The Morgan fingerprint density at radius 2 is 0.720 bits per heavy atom. The Kier molecular flexibility index (Phi) is 27.0. The summed E-state index contributed by atoms with van der Waals surface area (Å²) in [5.41, 5.74) is 18.8. The van der Waals surface area contributed by atoms with Crippen molar-refractivity contribution in [2.24, 2.45) is 0 Å². The summed E-state index contributed by atoms with van der Waals surface area (Å²) in [6.45, 7) is 20.2. The molecule has 15 heterocycles. The number of para-hydroxylation sites is 2. The normalized spacial score (nSPS) is 11.9. The molecule has 0 unspecified atom stereocenters. The molecule has 5 aliphatic heterocycles. The second-order valence-electron chi connectivity index (χ2n) is 32.9. The monoisotopic (exact) mass is 1990 g/mol. The van der Waals surface area contributed by atoms with Gasteiger partial charge in [-0.2, -0.15) is 0 Å². The number of aromatic nitrogens is 25. The Hall–Kier alpha value is -17.6. The molecule has 0 amide bonds. The average molecular weight is 1990 g/mol. The van der Waals surface area contributed by atoms with Crippen LogP contribution in [0.4, 0.5) is 4.39 Å². The highest BCUT2D eigenvalue weighted by atomic mass is 79.9. The van der Waals surface area contributed by atoms with E-state index in [-0.39, 0.29) is 50.1 Å². The lowest BCUT2D eigenvalue weighted by Crippen LogP contribution is -2.13. The van der Waals surface area contributed by atoms with E-state index < -0.39 is 35.7 Å². The van der Waals surface area contributed by atoms with Crippen LogP contribution < -0.4 is 18.9 Å². The van der Waals surface area contributed by atoms with Crippen molar-refractivity contribution in [1.29, 1.82) is 0 Å². The highest BCUT2D eigenvalue weighted by molar-refractivity contribution is 9.10. The fourth-order valence-electron chi connectivity index (χ4n) is 17.1. The fraction of sp³-hybridized carbons (Fsp3) is 0.228. The zero-order valence-corrected chi connectivity index (χ0v) is 80.8. The number of carbonyl (C=O) groups is 5. The molecule has 18 aromatic rings. The summed E-state index contributed by atoms with van der Waals surface area (Å²) in [5, 5.41) is 43.0. The lowest BCUT2D eigenvalue weighted by Gasteiger charge is -2.10. The molecule has 0 spiro atoms. The minimum absolute atomic E-state index is 0.173. The number of rotatable bonds is 20. The minimum Gasteiger partial charge on any atom is -0.497 e. The van der Waals surface area contributed by atoms with Crippen LogP contribution in [0.1, 0.15) is 155 Å². The van der Waals surface area contributed by atoms with Gasteiger partial charge in [-0.15, -0.1) is 35.7 Å². The van der Waals surface area contributed by atoms with E-state index in [0.29, 0.717) is 154 Å². The van der Waals surface area contributed by atoms with Gasteiger partial charge in [0.25, 0.3) is 0 Å². The predicted octanol–water partition coefficient (Wildman–Crippen LogP) is 15.7. The lowest BCUT2D eigenvalue weighted by molar-refractivity contribution is 0.0509. The summed E-state index contributed by atoms with van der Waals surface area (Å²) in [7, 11) is 3.21. The first-order chi connectivity index (χ1) is 69.6. The van der Waals surface area contributed by atoms with Crippen molar-refractivity contribution in [3.63, 3.8) is 0 Å². The number of halogens is 2. The van der Waals surface area contributed by atoms with Crippen molar-refractivity contribution in [3.8, 4) is 115 Å². The van der Waals surface area contributed by atoms with Gasteiger partial charge >= 0.3 is 41.9 Å². The maximum atomic E-state index is 14.1. The number of carbonyl (C=O) groups excluding carboxylic acids is 5. The molecular weight excluding hydrogens is 1900 g/mol. The standard InChI is InChI=1S/C23H21N5O4.C22H18FN5O3.C22H19N5O3.C18H19N5O3.C16H14BrN5O2/c1-4-31-22(29)20-19-12-27-21(17-10-14(2)8-9-18(17)28(19)13-24-20)25-26-23(27)32-16-7-5-6-15(11-16)30-3;1-2-30-22(29)21-20-11-18-16(12-31-15-6-4-3-5-7-15)25-26-28(18)19-10-14(23)8-9-17(19)27(20)13-24-21;1-3-29-21(28)19-18-12-26-20(24-25-22(26)30-15-7-5-4-6-8-15)16-11-14(2)9-10-17(16)27(18)13-23-19;1-4-26-18(24)16-14-8-22-15(9-25-3)20-21-17(22)12-7-11(2)5-6-13(12)23(14)10-19-16;1-3-24-15(23)13-12-7-21-14(19-20-16(21)17)10-6-9(2)4-5-11(10)22(12)8-18-13/h5-11,13H,4,12H2,1-3H3;3-10,13H,2,11-12H2,1H3;4-11,13H,3,12H2,1-2H3;5-7,10H,4,8-9H2,1-3H3;4-6,8H,3,7H2,1-2H3. The lowest BCUT2D eigenvalue weighted by atomic mass is 10.1. The Morgan fingerprint density at radius 1 is 0.350 bits per heavy atom. The maximum Gasteiger partial charge on any atom is 0.358 e. The van der Waals surface area contributed by atoms with Crippen molar-refractivity contribution in [3.05, 3.63) is 315 Å². The molecule has 23 rings (SSSR count). The van der Waals surface area contributed by atoms with Crippen LogP contribution in [0.3, 0.4) is 0 Å². The highest BCUT2D eigenvalue weighted by Crippen LogP contribution is 2.42. The molecule has 724 valence electrons. The van der Waals surface area contributed by atoms with Gasteiger partial charge in [0.2, 0.25) is 4.73 Å². The van der Waals surface area contributed by atoms with Crippen molar-refractivity contribution >= 4 is 45.8 Å². The number of nitrogens with zero attached hydrogens (tertiary/aromatic N) is 25. The number of methoxy groups -OCH3 is 2. The molecule has 8 aromatic carbocycles. The fourth-order valence-corrected chi connectivity index (χ4v) is 17.5. The van der Waals surface area contributed by atoms with E-state index in [2.05, 4.69) is 104 Å². The van der Waals surface area contributed by atoms with Gasteiger partial charge in [0.1, 0.15) is 79.4 Å². The van der Waals surface area contributed by atoms with Crippen LogP contribution in [0.5, 0.6) is 35.0 Å². The minimum atomic E-state index is -0.511. The van der Waals surface area contributed by atoms with Gasteiger partial charge in [-0.05, 0) is 175 Å². The third-order valence-corrected chi connectivity index (χ3v) is 24.3. The summed E-state index contributed by atoms with van der Waals surface area (Å²) < 4.78 is 87.6. The number of ether oxygens (including phenoxy) is 10. The smallest absolute Gasteiger partial charge is 0.358 e. The molecule has 0 aliphatic carbocycles. The van der Waals surface area contributed by atoms with Gasteiger partial charge in [-0.3, -0.25) is 36.5 Å². The predicted molar refractivity (Wildman–Crippen MR) is 515 cm³/mol. The molecule has 0 N–H and O–H groups in total. The summed E-state index contributed by atoms with van der Waals surface area (Å²) in [5.74, 6) is 3.37. The Balaban J connectivity index is 0.000000114. The average Bonchev–Trinajstić information content (AvgIpc) is 1.61. The van der Waals surface area contributed by atoms with E-state index in [9.17, 15) is 28.4 Å². The van der Waals surface area contributed by atoms with E-state index in [1.165, 1.54) is 12.1 Å². The van der Waals surface area contributed by atoms with Crippen LogP contribution in [0.15, 0.2) is 212 Å². The number of hydrogen-bond donors (Lipinski definition) is 0. The molecular formula is C101H91BrFN25O15. The molecule has 42 heteroatoms. The largest absolute Gasteiger partial charge is 0.497 e.